The van der Waals surface area contributed by atoms with E-state index >= 15 is 0 Å². The van der Waals surface area contributed by atoms with Crippen LogP contribution in [-0.4, -0.2) is 38.4 Å². The van der Waals surface area contributed by atoms with E-state index in [0.717, 1.165) is 25.0 Å². The topological polar surface area (TPSA) is 105 Å². The van der Waals surface area contributed by atoms with Crippen molar-refractivity contribution in [2.75, 3.05) is 6.54 Å². The lowest BCUT2D eigenvalue weighted by molar-refractivity contribution is 0.0604. The molecule has 1 unspecified atom stereocenters. The maximum Gasteiger partial charge on any atom is 0.269 e. The minimum absolute atomic E-state index is 0.0458. The first-order valence-electron chi connectivity index (χ1n) is 7.65. The fraction of sp³-hybridized carbons (Fsp3) is 0.375. The molecule has 2 aromatic rings. The Kier molecular flexibility index (Phi) is 4.10. The number of primary amides is 1. The van der Waals surface area contributed by atoms with Crippen molar-refractivity contribution < 1.29 is 9.59 Å². The number of H-pyrrole nitrogens is 1. The molecule has 2 amide bonds. The molecule has 7 heteroatoms. The number of rotatable bonds is 3. The SMILES string of the molecule is Cc1ncccc1C(=O)N1CCCCC1c1cc(C(N)=O)n[nH]1. The van der Waals surface area contributed by atoms with Gasteiger partial charge in [0.25, 0.3) is 11.8 Å². The summed E-state index contributed by atoms with van der Waals surface area (Å²) in [4.78, 5) is 30.2. The fourth-order valence-electron chi connectivity index (χ4n) is 3.00. The van der Waals surface area contributed by atoms with Gasteiger partial charge in [-0.3, -0.25) is 19.7 Å². The van der Waals surface area contributed by atoms with E-state index in [0.29, 0.717) is 17.8 Å². The summed E-state index contributed by atoms with van der Waals surface area (Å²) in [5.74, 6) is -0.625. The van der Waals surface area contributed by atoms with E-state index in [9.17, 15) is 9.59 Å². The number of carbonyl (C=O) groups excluding carboxylic acids is 2. The third kappa shape index (κ3) is 2.94. The quantitative estimate of drug-likeness (QED) is 0.897. The van der Waals surface area contributed by atoms with E-state index in [-0.39, 0.29) is 17.6 Å². The van der Waals surface area contributed by atoms with Crippen molar-refractivity contribution in [2.45, 2.75) is 32.2 Å². The molecule has 2 aromatic heterocycles. The van der Waals surface area contributed by atoms with E-state index in [1.165, 1.54) is 0 Å². The van der Waals surface area contributed by atoms with Crippen LogP contribution in [0.5, 0.6) is 0 Å². The second-order valence-electron chi connectivity index (χ2n) is 5.72. The van der Waals surface area contributed by atoms with Crippen molar-refractivity contribution in [3.8, 4) is 0 Å². The Morgan fingerprint density at radius 1 is 1.39 bits per heavy atom. The molecule has 3 rings (SSSR count). The number of piperidine rings is 1. The third-order valence-corrected chi connectivity index (χ3v) is 4.21. The Hall–Kier alpha value is -2.70. The summed E-state index contributed by atoms with van der Waals surface area (Å²) in [5.41, 5.74) is 7.50. The first-order valence-corrected chi connectivity index (χ1v) is 7.65. The lowest BCUT2D eigenvalue weighted by atomic mass is 9.97. The summed E-state index contributed by atoms with van der Waals surface area (Å²) in [7, 11) is 0. The molecule has 0 radical (unpaired) electrons. The molecule has 3 N–H and O–H groups in total. The monoisotopic (exact) mass is 313 g/mol. The van der Waals surface area contributed by atoms with Crippen LogP contribution in [0.25, 0.3) is 0 Å². The second kappa shape index (κ2) is 6.20. The first kappa shape index (κ1) is 15.2. The van der Waals surface area contributed by atoms with Gasteiger partial charge >= 0.3 is 0 Å². The average molecular weight is 313 g/mol. The van der Waals surface area contributed by atoms with Gasteiger partial charge in [-0.2, -0.15) is 5.10 Å². The van der Waals surface area contributed by atoms with Crippen molar-refractivity contribution in [1.29, 1.82) is 0 Å². The van der Waals surface area contributed by atoms with Crippen LogP contribution < -0.4 is 5.73 Å². The predicted molar refractivity (Wildman–Crippen MR) is 83.7 cm³/mol. The van der Waals surface area contributed by atoms with Crippen LogP contribution in [0.1, 0.15) is 57.5 Å². The highest BCUT2D eigenvalue weighted by Crippen LogP contribution is 2.31. The molecular formula is C16H19N5O2. The zero-order chi connectivity index (χ0) is 16.4. The molecule has 3 heterocycles. The summed E-state index contributed by atoms with van der Waals surface area (Å²) in [6.07, 6.45) is 4.48. The van der Waals surface area contributed by atoms with Crippen LogP contribution in [-0.2, 0) is 0 Å². The highest BCUT2D eigenvalue weighted by molar-refractivity contribution is 5.95. The number of likely N-dealkylation sites (tertiary alicyclic amines) is 1. The number of carbonyl (C=O) groups is 2. The fourth-order valence-corrected chi connectivity index (χ4v) is 3.00. The number of aromatic nitrogens is 3. The Morgan fingerprint density at radius 3 is 2.91 bits per heavy atom. The van der Waals surface area contributed by atoms with Crippen molar-refractivity contribution in [3.05, 3.63) is 47.0 Å². The van der Waals surface area contributed by atoms with Gasteiger partial charge in [-0.1, -0.05) is 0 Å². The van der Waals surface area contributed by atoms with Crippen molar-refractivity contribution in [1.82, 2.24) is 20.1 Å². The maximum absolute atomic E-state index is 12.9. The predicted octanol–water partition coefficient (Wildman–Crippen LogP) is 1.58. The molecule has 0 aliphatic carbocycles. The molecule has 0 bridgehead atoms. The summed E-state index contributed by atoms with van der Waals surface area (Å²) in [5, 5.41) is 6.77. The lowest BCUT2D eigenvalue weighted by Crippen LogP contribution is -2.39. The molecule has 0 spiro atoms. The average Bonchev–Trinajstić information content (AvgIpc) is 3.05. The van der Waals surface area contributed by atoms with Crippen LogP contribution in [0.3, 0.4) is 0 Å². The number of amides is 2. The summed E-state index contributed by atoms with van der Waals surface area (Å²) in [6, 6.07) is 5.06. The second-order valence-corrected chi connectivity index (χ2v) is 5.72. The number of nitrogens with two attached hydrogens (primary N) is 1. The molecule has 0 aromatic carbocycles. The van der Waals surface area contributed by atoms with Gasteiger partial charge in [0, 0.05) is 18.4 Å². The lowest BCUT2D eigenvalue weighted by Gasteiger charge is -2.35. The van der Waals surface area contributed by atoms with Gasteiger partial charge in [-0.05, 0) is 44.4 Å². The smallest absolute Gasteiger partial charge is 0.269 e. The Morgan fingerprint density at radius 2 is 2.22 bits per heavy atom. The van der Waals surface area contributed by atoms with Crippen LogP contribution in [0.4, 0.5) is 0 Å². The van der Waals surface area contributed by atoms with Gasteiger partial charge in [0.2, 0.25) is 0 Å². The number of aromatic amines is 1. The molecule has 120 valence electrons. The molecular weight excluding hydrogens is 294 g/mol. The molecule has 7 nitrogen and oxygen atoms in total. The zero-order valence-corrected chi connectivity index (χ0v) is 13.0. The standard InChI is InChI=1S/C16H19N5O2/c1-10-11(5-4-7-18-10)16(23)21-8-3-2-6-14(21)12-9-13(15(17)22)20-19-12/h4-5,7,9,14H,2-3,6,8H2,1H3,(H2,17,22)(H,19,20). The third-order valence-electron chi connectivity index (χ3n) is 4.21. The number of nitrogens with zero attached hydrogens (tertiary/aromatic N) is 3. The Balaban J connectivity index is 1.90. The minimum atomic E-state index is -0.579. The van der Waals surface area contributed by atoms with Gasteiger partial charge in [0.1, 0.15) is 5.69 Å². The van der Waals surface area contributed by atoms with E-state index in [1.54, 1.807) is 24.4 Å². The number of nitrogens with one attached hydrogen (secondary N) is 1. The van der Waals surface area contributed by atoms with Crippen molar-refractivity contribution in [2.24, 2.45) is 5.73 Å². The molecule has 1 aliphatic rings. The minimum Gasteiger partial charge on any atom is -0.364 e. The van der Waals surface area contributed by atoms with Crippen molar-refractivity contribution >= 4 is 11.8 Å². The molecule has 1 atom stereocenters. The zero-order valence-electron chi connectivity index (χ0n) is 13.0. The summed E-state index contributed by atoms with van der Waals surface area (Å²) in [6.45, 7) is 2.50. The van der Waals surface area contributed by atoms with E-state index in [1.807, 2.05) is 11.8 Å². The normalized spacial score (nSPS) is 18.0. The van der Waals surface area contributed by atoms with E-state index in [2.05, 4.69) is 15.2 Å². The number of aryl methyl sites for hydroxylation is 1. The van der Waals surface area contributed by atoms with Gasteiger partial charge in [0.05, 0.1) is 17.3 Å². The van der Waals surface area contributed by atoms with Crippen LogP contribution in [0.15, 0.2) is 24.4 Å². The van der Waals surface area contributed by atoms with Gasteiger partial charge in [-0.15, -0.1) is 0 Å². The highest BCUT2D eigenvalue weighted by atomic mass is 16.2. The van der Waals surface area contributed by atoms with Gasteiger partial charge in [0.15, 0.2) is 0 Å². The molecule has 1 aliphatic heterocycles. The van der Waals surface area contributed by atoms with Gasteiger partial charge < -0.3 is 10.6 Å². The number of pyridine rings is 1. The number of hydrogen-bond donors (Lipinski definition) is 2. The highest BCUT2D eigenvalue weighted by Gasteiger charge is 2.31. The Labute approximate surface area is 133 Å². The molecule has 23 heavy (non-hydrogen) atoms. The van der Waals surface area contributed by atoms with Gasteiger partial charge in [-0.25, -0.2) is 0 Å². The summed E-state index contributed by atoms with van der Waals surface area (Å²) >= 11 is 0. The largest absolute Gasteiger partial charge is 0.364 e. The molecule has 0 saturated carbocycles. The maximum atomic E-state index is 12.9. The molecule has 1 fully saturated rings. The molecule has 1 saturated heterocycles. The van der Waals surface area contributed by atoms with E-state index in [4.69, 9.17) is 5.73 Å². The van der Waals surface area contributed by atoms with Crippen molar-refractivity contribution in [3.63, 3.8) is 0 Å². The van der Waals surface area contributed by atoms with Crippen LogP contribution in [0.2, 0.25) is 0 Å². The van der Waals surface area contributed by atoms with Crippen LogP contribution >= 0.6 is 0 Å². The number of hydrogen-bond acceptors (Lipinski definition) is 4. The first-order chi connectivity index (χ1) is 11.1. The van der Waals surface area contributed by atoms with Crippen LogP contribution in [0, 0.1) is 6.92 Å². The van der Waals surface area contributed by atoms with E-state index < -0.39 is 5.91 Å². The Bertz CT molecular complexity index is 740. The summed E-state index contributed by atoms with van der Waals surface area (Å²) < 4.78 is 0.